The van der Waals surface area contributed by atoms with E-state index in [1.165, 1.54) is 0 Å². The minimum atomic E-state index is -0.640. The number of aromatic nitrogens is 1. The topological polar surface area (TPSA) is 81.4 Å². The van der Waals surface area contributed by atoms with Crippen LogP contribution in [0.15, 0.2) is 70.0 Å². The van der Waals surface area contributed by atoms with Crippen LogP contribution in [0.25, 0.3) is 22.3 Å². The van der Waals surface area contributed by atoms with Crippen molar-refractivity contribution in [1.29, 1.82) is 0 Å². The van der Waals surface area contributed by atoms with Gasteiger partial charge in [0.05, 0.1) is 17.1 Å². The minimum absolute atomic E-state index is 0.0573. The van der Waals surface area contributed by atoms with E-state index in [1.807, 2.05) is 77.1 Å². The number of aryl methyl sites for hydroxylation is 1. The Hall–Kier alpha value is -3.93. The number of pyridine rings is 1. The fourth-order valence-electron chi connectivity index (χ4n) is 4.08. The van der Waals surface area contributed by atoms with Gasteiger partial charge in [-0.1, -0.05) is 36.4 Å². The maximum atomic E-state index is 13.3. The van der Waals surface area contributed by atoms with Crippen LogP contribution in [0.5, 0.6) is 0 Å². The summed E-state index contributed by atoms with van der Waals surface area (Å²) in [6, 6.07) is 16.7. The summed E-state index contributed by atoms with van der Waals surface area (Å²) in [6.45, 7) is 11.2. The number of esters is 1. The molecule has 180 valence electrons. The van der Waals surface area contributed by atoms with Gasteiger partial charge in [-0.2, -0.15) is 0 Å². The molecule has 2 aromatic heterocycles. The number of hydrogen-bond donors (Lipinski definition) is 1. The van der Waals surface area contributed by atoms with Crippen LogP contribution in [0, 0.1) is 13.8 Å². The van der Waals surface area contributed by atoms with Gasteiger partial charge in [0.1, 0.15) is 16.9 Å². The van der Waals surface area contributed by atoms with Crippen LogP contribution in [-0.2, 0) is 4.74 Å². The van der Waals surface area contributed by atoms with Gasteiger partial charge in [0.25, 0.3) is 0 Å². The highest BCUT2D eigenvalue weighted by atomic mass is 16.6. The molecule has 0 unspecified atom stereocenters. The van der Waals surface area contributed by atoms with Gasteiger partial charge in [-0.25, -0.2) is 9.78 Å². The van der Waals surface area contributed by atoms with E-state index in [0.29, 0.717) is 28.0 Å². The first-order chi connectivity index (χ1) is 16.5. The van der Waals surface area contributed by atoms with Crippen LogP contribution in [0.3, 0.4) is 0 Å². The second kappa shape index (κ2) is 9.37. The molecule has 0 amide bonds. The molecule has 1 atom stereocenters. The number of carbonyl (C=O) groups excluding carboxylic acids is 1. The Balaban J connectivity index is 1.81. The van der Waals surface area contributed by atoms with E-state index in [9.17, 15) is 9.59 Å². The van der Waals surface area contributed by atoms with E-state index in [4.69, 9.17) is 9.15 Å². The number of fused-ring (bicyclic) bond motifs is 1. The molecule has 0 bridgehead atoms. The number of anilines is 1. The van der Waals surface area contributed by atoms with Gasteiger partial charge in [-0.15, -0.1) is 0 Å². The fourth-order valence-corrected chi connectivity index (χ4v) is 4.08. The largest absolute Gasteiger partial charge is 0.455 e. The van der Waals surface area contributed by atoms with Crippen LogP contribution in [-0.4, -0.2) is 16.6 Å². The first kappa shape index (κ1) is 24.2. The molecule has 0 aliphatic carbocycles. The smallest absolute Gasteiger partial charge is 0.359 e. The van der Waals surface area contributed by atoms with E-state index in [0.717, 1.165) is 16.7 Å². The van der Waals surface area contributed by atoms with Crippen molar-refractivity contribution in [3.63, 3.8) is 0 Å². The quantitative estimate of drug-likeness (QED) is 0.331. The van der Waals surface area contributed by atoms with Gasteiger partial charge >= 0.3 is 5.97 Å². The summed E-state index contributed by atoms with van der Waals surface area (Å²) in [5.41, 5.74) is 3.74. The lowest BCUT2D eigenvalue weighted by atomic mass is 9.98. The van der Waals surface area contributed by atoms with Gasteiger partial charge in [0.2, 0.25) is 0 Å². The number of nitrogens with zero attached hydrogens (tertiary/aromatic N) is 1. The number of benzene rings is 2. The summed E-state index contributed by atoms with van der Waals surface area (Å²) in [6.07, 6.45) is 1.56. The molecule has 35 heavy (non-hydrogen) atoms. The van der Waals surface area contributed by atoms with Crippen LogP contribution in [0.4, 0.5) is 5.69 Å². The summed E-state index contributed by atoms with van der Waals surface area (Å²) in [5, 5.41) is 3.91. The molecule has 0 aliphatic rings. The normalized spacial score (nSPS) is 12.4. The molecular weight excluding hydrogens is 440 g/mol. The van der Waals surface area contributed by atoms with Crippen molar-refractivity contribution >= 4 is 22.6 Å². The zero-order valence-electron chi connectivity index (χ0n) is 20.9. The Labute approximate surface area is 205 Å². The molecule has 1 N–H and O–H groups in total. The van der Waals surface area contributed by atoms with Crippen LogP contribution >= 0.6 is 0 Å². The maximum Gasteiger partial charge on any atom is 0.359 e. The number of carbonyl (C=O) groups is 1. The van der Waals surface area contributed by atoms with Crippen molar-refractivity contribution in [1.82, 2.24) is 4.98 Å². The van der Waals surface area contributed by atoms with Gasteiger partial charge in [-0.3, -0.25) is 4.79 Å². The number of rotatable bonds is 5. The van der Waals surface area contributed by atoms with E-state index >= 15 is 0 Å². The van der Waals surface area contributed by atoms with Crippen molar-refractivity contribution in [2.45, 2.75) is 53.2 Å². The molecule has 4 aromatic rings. The van der Waals surface area contributed by atoms with Crippen LogP contribution < -0.4 is 10.7 Å². The zero-order chi connectivity index (χ0) is 25.3. The average molecular weight is 471 g/mol. The van der Waals surface area contributed by atoms with Crippen molar-refractivity contribution in [3.8, 4) is 11.3 Å². The molecule has 0 radical (unpaired) electrons. The Morgan fingerprint density at radius 3 is 2.46 bits per heavy atom. The number of hydrogen-bond acceptors (Lipinski definition) is 6. The Kier molecular flexibility index (Phi) is 6.48. The number of ether oxygens (including phenoxy) is 1. The molecule has 6 nitrogen and oxygen atoms in total. The first-order valence-corrected chi connectivity index (χ1v) is 11.6. The summed E-state index contributed by atoms with van der Waals surface area (Å²) in [4.78, 5) is 30.4. The van der Waals surface area contributed by atoms with Gasteiger partial charge in [-0.05, 0) is 65.3 Å². The molecular formula is C29H30N2O4. The van der Waals surface area contributed by atoms with Crippen molar-refractivity contribution in [2.75, 3.05) is 5.32 Å². The van der Waals surface area contributed by atoms with Crippen molar-refractivity contribution in [3.05, 3.63) is 93.4 Å². The lowest BCUT2D eigenvalue weighted by Gasteiger charge is -2.22. The molecule has 2 aromatic carbocycles. The summed E-state index contributed by atoms with van der Waals surface area (Å²) in [5.74, 6) is 0.0478. The van der Waals surface area contributed by atoms with Gasteiger partial charge in [0.15, 0.2) is 11.1 Å². The van der Waals surface area contributed by atoms with E-state index < -0.39 is 11.6 Å². The molecule has 0 spiro atoms. The van der Waals surface area contributed by atoms with E-state index in [1.54, 1.807) is 25.3 Å². The Morgan fingerprint density at radius 2 is 1.77 bits per heavy atom. The molecule has 0 fully saturated rings. The van der Waals surface area contributed by atoms with Crippen LogP contribution in [0.2, 0.25) is 0 Å². The Morgan fingerprint density at radius 1 is 1.06 bits per heavy atom. The third-order valence-electron chi connectivity index (χ3n) is 5.67. The molecule has 0 saturated heterocycles. The Bertz CT molecular complexity index is 1450. The maximum absolute atomic E-state index is 13.3. The molecule has 2 heterocycles. The summed E-state index contributed by atoms with van der Waals surface area (Å²) < 4.78 is 11.9. The fraction of sp³-hybridized carbons (Fsp3) is 0.276. The third kappa shape index (κ3) is 5.11. The highest BCUT2D eigenvalue weighted by Gasteiger charge is 2.24. The van der Waals surface area contributed by atoms with E-state index in [2.05, 4.69) is 10.3 Å². The second-order valence-corrected chi connectivity index (χ2v) is 9.75. The zero-order valence-corrected chi connectivity index (χ0v) is 20.9. The molecule has 0 saturated carbocycles. The third-order valence-corrected chi connectivity index (χ3v) is 5.67. The van der Waals surface area contributed by atoms with Crippen molar-refractivity contribution < 1.29 is 13.9 Å². The molecule has 4 rings (SSSR count). The summed E-state index contributed by atoms with van der Waals surface area (Å²) >= 11 is 0. The lowest BCUT2D eigenvalue weighted by Crippen LogP contribution is -2.25. The highest BCUT2D eigenvalue weighted by molar-refractivity contribution is 5.94. The van der Waals surface area contributed by atoms with Crippen molar-refractivity contribution in [2.24, 2.45) is 0 Å². The van der Waals surface area contributed by atoms with Crippen LogP contribution in [0.1, 0.15) is 60.9 Å². The minimum Gasteiger partial charge on any atom is -0.455 e. The SMILES string of the molecule is Cc1cc([C@@H](C)Nc2cccnc2C(=O)OC(C)(C)C)c2oc(-c3ccccc3)c(C)c(=O)c2c1. The van der Waals surface area contributed by atoms with Gasteiger partial charge in [0, 0.05) is 22.9 Å². The number of nitrogens with one attached hydrogen (secondary N) is 1. The second-order valence-electron chi connectivity index (χ2n) is 9.75. The summed E-state index contributed by atoms with van der Waals surface area (Å²) in [7, 11) is 0. The standard InChI is InChI=1S/C29H30N2O4/c1-17-15-21(19(3)31-23-13-10-14-30-24(23)28(33)35-29(4,5)6)27-22(16-17)25(32)18(2)26(34-27)20-11-8-7-9-12-20/h7-16,19,31H,1-6H3/t19-/m1/s1. The lowest BCUT2D eigenvalue weighted by molar-refractivity contribution is 0.00640. The molecule has 0 aliphatic heterocycles. The monoisotopic (exact) mass is 470 g/mol. The van der Waals surface area contributed by atoms with E-state index in [-0.39, 0.29) is 17.2 Å². The molecule has 6 heteroatoms. The predicted octanol–water partition coefficient (Wildman–Crippen LogP) is 6.60. The predicted molar refractivity (Wildman–Crippen MR) is 139 cm³/mol. The van der Waals surface area contributed by atoms with Gasteiger partial charge < -0.3 is 14.5 Å². The highest BCUT2D eigenvalue weighted by Crippen LogP contribution is 2.32. The first-order valence-electron chi connectivity index (χ1n) is 11.6. The average Bonchev–Trinajstić information content (AvgIpc) is 2.81.